The number of nitrogens with zero attached hydrogens (tertiary/aromatic N) is 2. The highest BCUT2D eigenvalue weighted by molar-refractivity contribution is 6.31. The Morgan fingerprint density at radius 3 is 2.39 bits per heavy atom. The van der Waals surface area contributed by atoms with Crippen molar-refractivity contribution in [3.8, 4) is 0 Å². The zero-order valence-electron chi connectivity index (χ0n) is 14.4. The first-order chi connectivity index (χ1) is 11.0. The van der Waals surface area contributed by atoms with Gasteiger partial charge in [-0.25, -0.2) is 0 Å². The number of rotatable bonds is 6. The summed E-state index contributed by atoms with van der Waals surface area (Å²) >= 11 is 6.32. The molecule has 1 aliphatic heterocycles. The van der Waals surface area contributed by atoms with Crippen LogP contribution >= 0.6 is 11.6 Å². The van der Waals surface area contributed by atoms with Crippen molar-refractivity contribution in [2.45, 2.75) is 39.3 Å². The van der Waals surface area contributed by atoms with Crippen molar-refractivity contribution in [3.05, 3.63) is 34.9 Å². The molecular weight excluding hydrogens is 310 g/mol. The van der Waals surface area contributed by atoms with Gasteiger partial charge in [0, 0.05) is 43.8 Å². The molecule has 0 saturated carbocycles. The SMILES string of the molecule is CCCNC(=O)C(C)N1CCN(C(C)c2ccccc2Cl)CC1. The molecule has 0 aromatic heterocycles. The van der Waals surface area contributed by atoms with Gasteiger partial charge in [-0.15, -0.1) is 0 Å². The second kappa shape index (κ2) is 8.67. The number of benzene rings is 1. The number of amides is 1. The van der Waals surface area contributed by atoms with Gasteiger partial charge in [0.15, 0.2) is 0 Å². The third-order valence-corrected chi connectivity index (χ3v) is 5.07. The Kier molecular flexibility index (Phi) is 6.88. The van der Waals surface area contributed by atoms with Crippen molar-refractivity contribution < 1.29 is 4.79 Å². The summed E-state index contributed by atoms with van der Waals surface area (Å²) in [6, 6.07) is 8.29. The number of piperazine rings is 1. The van der Waals surface area contributed by atoms with Crippen LogP contribution < -0.4 is 5.32 Å². The van der Waals surface area contributed by atoms with Crippen molar-refractivity contribution in [2.75, 3.05) is 32.7 Å². The van der Waals surface area contributed by atoms with Gasteiger partial charge in [0.25, 0.3) is 0 Å². The van der Waals surface area contributed by atoms with Crippen LogP contribution in [0, 0.1) is 0 Å². The molecule has 0 radical (unpaired) electrons. The van der Waals surface area contributed by atoms with Crippen LogP contribution in [0.2, 0.25) is 5.02 Å². The number of carbonyl (C=O) groups is 1. The summed E-state index contributed by atoms with van der Waals surface area (Å²) in [6.45, 7) is 10.8. The number of nitrogens with one attached hydrogen (secondary N) is 1. The Morgan fingerprint density at radius 1 is 1.17 bits per heavy atom. The second-order valence-corrected chi connectivity index (χ2v) is 6.64. The molecule has 2 atom stereocenters. The van der Waals surface area contributed by atoms with Crippen molar-refractivity contribution in [1.29, 1.82) is 0 Å². The summed E-state index contributed by atoms with van der Waals surface area (Å²) in [7, 11) is 0. The number of carbonyl (C=O) groups excluding carboxylic acids is 1. The summed E-state index contributed by atoms with van der Waals surface area (Å²) in [5.74, 6) is 0.138. The number of hydrogen-bond donors (Lipinski definition) is 1. The molecule has 2 unspecified atom stereocenters. The van der Waals surface area contributed by atoms with Crippen LogP contribution in [0.25, 0.3) is 0 Å². The Labute approximate surface area is 144 Å². The topological polar surface area (TPSA) is 35.6 Å². The largest absolute Gasteiger partial charge is 0.355 e. The Morgan fingerprint density at radius 2 is 1.78 bits per heavy atom. The molecule has 2 rings (SSSR count). The van der Waals surface area contributed by atoms with Gasteiger partial charge in [-0.1, -0.05) is 36.7 Å². The van der Waals surface area contributed by atoms with Gasteiger partial charge in [0.1, 0.15) is 0 Å². The zero-order chi connectivity index (χ0) is 16.8. The van der Waals surface area contributed by atoms with E-state index in [-0.39, 0.29) is 11.9 Å². The second-order valence-electron chi connectivity index (χ2n) is 6.24. The van der Waals surface area contributed by atoms with Gasteiger partial charge in [-0.3, -0.25) is 14.6 Å². The van der Waals surface area contributed by atoms with Gasteiger partial charge in [-0.05, 0) is 31.9 Å². The minimum Gasteiger partial charge on any atom is -0.355 e. The molecule has 0 aliphatic carbocycles. The summed E-state index contributed by atoms with van der Waals surface area (Å²) < 4.78 is 0. The van der Waals surface area contributed by atoms with Crippen LogP contribution in [-0.2, 0) is 4.79 Å². The van der Waals surface area contributed by atoms with E-state index in [4.69, 9.17) is 11.6 Å². The minimum absolute atomic E-state index is 0.0562. The third kappa shape index (κ3) is 4.69. The van der Waals surface area contributed by atoms with Gasteiger partial charge in [0.2, 0.25) is 5.91 Å². The quantitative estimate of drug-likeness (QED) is 0.867. The molecule has 1 aromatic rings. The molecule has 1 saturated heterocycles. The fourth-order valence-electron chi connectivity index (χ4n) is 3.08. The molecule has 1 fully saturated rings. The Hall–Kier alpha value is -1.10. The zero-order valence-corrected chi connectivity index (χ0v) is 15.1. The lowest BCUT2D eigenvalue weighted by Crippen LogP contribution is -2.54. The smallest absolute Gasteiger partial charge is 0.237 e. The van der Waals surface area contributed by atoms with Gasteiger partial charge >= 0.3 is 0 Å². The normalized spacial score (nSPS) is 19.3. The van der Waals surface area contributed by atoms with E-state index in [0.29, 0.717) is 6.04 Å². The van der Waals surface area contributed by atoms with Gasteiger partial charge in [0.05, 0.1) is 6.04 Å². The first kappa shape index (κ1) is 18.2. The summed E-state index contributed by atoms with van der Waals surface area (Å²) in [5, 5.41) is 3.81. The molecule has 1 aliphatic rings. The molecule has 1 aromatic carbocycles. The highest BCUT2D eigenvalue weighted by Gasteiger charge is 2.28. The predicted octanol–water partition coefficient (Wildman–Crippen LogP) is 2.93. The lowest BCUT2D eigenvalue weighted by molar-refractivity contribution is -0.126. The maximum absolute atomic E-state index is 12.1. The van der Waals surface area contributed by atoms with E-state index < -0.39 is 0 Å². The molecule has 1 N–H and O–H groups in total. The highest BCUT2D eigenvalue weighted by Crippen LogP contribution is 2.27. The Bertz CT molecular complexity index is 515. The average molecular weight is 338 g/mol. The minimum atomic E-state index is -0.0562. The fourth-order valence-corrected chi connectivity index (χ4v) is 3.38. The van der Waals surface area contributed by atoms with Crippen LogP contribution in [0.3, 0.4) is 0 Å². The van der Waals surface area contributed by atoms with Crippen LogP contribution in [0.4, 0.5) is 0 Å². The molecule has 128 valence electrons. The summed E-state index contributed by atoms with van der Waals surface area (Å²) in [6.07, 6.45) is 0.974. The van der Waals surface area contributed by atoms with Gasteiger partial charge < -0.3 is 5.32 Å². The maximum Gasteiger partial charge on any atom is 0.237 e. The van der Waals surface area contributed by atoms with E-state index in [0.717, 1.165) is 44.2 Å². The monoisotopic (exact) mass is 337 g/mol. The molecule has 1 amide bonds. The van der Waals surface area contributed by atoms with Gasteiger partial charge in [-0.2, -0.15) is 0 Å². The van der Waals surface area contributed by atoms with E-state index in [1.807, 2.05) is 25.1 Å². The third-order valence-electron chi connectivity index (χ3n) is 4.73. The fraction of sp³-hybridized carbons (Fsp3) is 0.611. The lowest BCUT2D eigenvalue weighted by Gasteiger charge is -2.40. The van der Waals surface area contributed by atoms with E-state index in [9.17, 15) is 4.79 Å². The van der Waals surface area contributed by atoms with Crippen LogP contribution in [0.15, 0.2) is 24.3 Å². The molecule has 1 heterocycles. The maximum atomic E-state index is 12.1. The van der Waals surface area contributed by atoms with Crippen molar-refractivity contribution in [1.82, 2.24) is 15.1 Å². The molecule has 5 heteroatoms. The van der Waals surface area contributed by atoms with E-state index in [1.54, 1.807) is 0 Å². The molecule has 0 bridgehead atoms. The summed E-state index contributed by atoms with van der Waals surface area (Å²) in [5.41, 5.74) is 1.18. The van der Waals surface area contributed by atoms with Crippen molar-refractivity contribution in [2.24, 2.45) is 0 Å². The molecular formula is C18H28ClN3O. The first-order valence-electron chi connectivity index (χ1n) is 8.54. The number of hydrogen-bond acceptors (Lipinski definition) is 3. The van der Waals surface area contributed by atoms with Crippen molar-refractivity contribution >= 4 is 17.5 Å². The molecule has 0 spiro atoms. The predicted molar refractivity (Wildman–Crippen MR) is 95.8 cm³/mol. The van der Waals surface area contributed by atoms with Crippen LogP contribution in [-0.4, -0.2) is 54.5 Å². The standard InChI is InChI=1S/C18H28ClN3O/c1-4-9-20-18(23)15(3)22-12-10-21(11-13-22)14(2)16-7-5-6-8-17(16)19/h5-8,14-15H,4,9-13H2,1-3H3,(H,20,23). The van der Waals surface area contributed by atoms with E-state index >= 15 is 0 Å². The molecule has 23 heavy (non-hydrogen) atoms. The lowest BCUT2D eigenvalue weighted by atomic mass is 10.1. The Balaban J connectivity index is 1.88. The van der Waals surface area contributed by atoms with E-state index in [1.165, 1.54) is 5.56 Å². The van der Waals surface area contributed by atoms with Crippen LogP contribution in [0.1, 0.15) is 38.8 Å². The average Bonchev–Trinajstić information content (AvgIpc) is 2.59. The van der Waals surface area contributed by atoms with E-state index in [2.05, 4.69) is 35.0 Å². The molecule has 4 nitrogen and oxygen atoms in total. The number of halogens is 1. The van der Waals surface area contributed by atoms with Crippen molar-refractivity contribution in [3.63, 3.8) is 0 Å². The summed E-state index contributed by atoms with van der Waals surface area (Å²) in [4.78, 5) is 16.8. The highest BCUT2D eigenvalue weighted by atomic mass is 35.5. The van der Waals surface area contributed by atoms with Crippen LogP contribution in [0.5, 0.6) is 0 Å². The first-order valence-corrected chi connectivity index (χ1v) is 8.92.